The zero-order valence-corrected chi connectivity index (χ0v) is 12.9. The highest BCUT2D eigenvalue weighted by Crippen LogP contribution is 2.50. The van der Waals surface area contributed by atoms with Gasteiger partial charge in [-0.05, 0) is 23.3 Å². The molecular weight excluding hydrogens is 290 g/mol. The van der Waals surface area contributed by atoms with E-state index in [0.29, 0.717) is 0 Å². The lowest BCUT2D eigenvalue weighted by atomic mass is 10.0. The average Bonchev–Trinajstić information content (AvgIpc) is 2.62. The number of benzene rings is 2. The van der Waals surface area contributed by atoms with E-state index in [2.05, 4.69) is 66.7 Å². The molecule has 1 saturated heterocycles. The Kier molecular flexibility index (Phi) is 3.75. The third kappa shape index (κ3) is 2.58. The Bertz CT molecular complexity index is 622. The smallest absolute Gasteiger partial charge is 0.127 e. The first-order valence-electron chi connectivity index (χ1n) is 7.47. The van der Waals surface area contributed by atoms with Crippen LogP contribution in [-0.2, 0) is 4.84 Å². The molecule has 0 saturated carbocycles. The minimum absolute atomic E-state index is 0.0148. The maximum absolute atomic E-state index is 6.32. The molecule has 0 unspecified atom stereocenters. The summed E-state index contributed by atoms with van der Waals surface area (Å²) in [4.78, 5) is 6.32. The van der Waals surface area contributed by atoms with E-state index in [1.54, 1.807) is 0 Å². The van der Waals surface area contributed by atoms with Gasteiger partial charge in [0.1, 0.15) is 11.5 Å². The fourth-order valence-electron chi connectivity index (χ4n) is 2.85. The van der Waals surface area contributed by atoms with Crippen molar-refractivity contribution in [2.75, 3.05) is 0 Å². The van der Waals surface area contributed by atoms with Gasteiger partial charge in [-0.25, -0.2) is 5.06 Å². The van der Waals surface area contributed by atoms with Gasteiger partial charge in [-0.3, -0.25) is 4.84 Å². The molecule has 0 radical (unpaired) electrons. The molecule has 3 heteroatoms. The highest BCUT2D eigenvalue weighted by Gasteiger charge is 2.37. The topological polar surface area (TPSA) is 12.5 Å². The largest absolute Gasteiger partial charge is 0.263 e. The summed E-state index contributed by atoms with van der Waals surface area (Å²) in [7, 11) is 0. The number of nitrogens with zero attached hydrogens (tertiary/aromatic N) is 1. The Labute approximate surface area is 135 Å². The molecule has 0 bridgehead atoms. The summed E-state index contributed by atoms with van der Waals surface area (Å²) < 4.78 is 0. The van der Waals surface area contributed by atoms with E-state index in [4.69, 9.17) is 4.84 Å². The molecule has 2 aliphatic heterocycles. The molecule has 110 valence electrons. The van der Waals surface area contributed by atoms with Crippen LogP contribution in [0.1, 0.15) is 22.5 Å². The van der Waals surface area contributed by atoms with Crippen LogP contribution >= 0.6 is 11.8 Å². The molecular formula is C19H17NOS. The van der Waals surface area contributed by atoms with Crippen LogP contribution in [0.2, 0.25) is 0 Å². The van der Waals surface area contributed by atoms with Crippen LogP contribution in [0.25, 0.3) is 0 Å². The molecule has 22 heavy (non-hydrogen) atoms. The first-order chi connectivity index (χ1) is 10.9. The molecule has 2 heterocycles. The first-order valence-corrected chi connectivity index (χ1v) is 8.41. The standard InChI is InChI=1S/C19H17NOS/c1-3-9-15(10-4-1)18-19(16-11-5-2-6-12-16)22-17-13-7-8-14-20(17)21-18/h1-14,17-19H/t17-,18-,19-/m1/s1. The zero-order valence-electron chi connectivity index (χ0n) is 12.1. The normalized spacial score (nSPS) is 26.7. The number of hydrogen-bond acceptors (Lipinski definition) is 3. The number of hydroxylamine groups is 2. The van der Waals surface area contributed by atoms with Gasteiger partial charge < -0.3 is 0 Å². The highest BCUT2D eigenvalue weighted by molar-refractivity contribution is 8.00. The Hall–Kier alpha value is -1.97. The van der Waals surface area contributed by atoms with Gasteiger partial charge >= 0.3 is 0 Å². The number of thioether (sulfide) groups is 1. The highest BCUT2D eigenvalue weighted by atomic mass is 32.2. The van der Waals surface area contributed by atoms with Crippen molar-refractivity contribution in [1.82, 2.24) is 5.06 Å². The first kappa shape index (κ1) is 13.7. The van der Waals surface area contributed by atoms with Crippen LogP contribution in [0, 0.1) is 0 Å². The minimum atomic E-state index is 0.0148. The number of hydrogen-bond donors (Lipinski definition) is 0. The molecule has 0 aliphatic carbocycles. The predicted molar refractivity (Wildman–Crippen MR) is 90.9 cm³/mol. The molecule has 0 spiro atoms. The Morgan fingerprint density at radius 1 is 0.818 bits per heavy atom. The van der Waals surface area contributed by atoms with Gasteiger partial charge in [0, 0.05) is 6.20 Å². The van der Waals surface area contributed by atoms with Gasteiger partial charge in [-0.15, -0.1) is 11.8 Å². The summed E-state index contributed by atoms with van der Waals surface area (Å²) in [6, 6.07) is 21.1. The number of fused-ring (bicyclic) bond motifs is 1. The minimum Gasteiger partial charge on any atom is -0.263 e. The number of allylic oxidation sites excluding steroid dienone is 2. The molecule has 0 N–H and O–H groups in total. The van der Waals surface area contributed by atoms with Crippen molar-refractivity contribution in [3.8, 4) is 0 Å². The van der Waals surface area contributed by atoms with Crippen LogP contribution < -0.4 is 0 Å². The summed E-state index contributed by atoms with van der Waals surface area (Å²) >= 11 is 1.93. The second kappa shape index (κ2) is 6.03. The van der Waals surface area contributed by atoms with Crippen molar-refractivity contribution in [1.29, 1.82) is 0 Å². The van der Waals surface area contributed by atoms with Crippen molar-refractivity contribution in [3.05, 3.63) is 96.2 Å². The maximum atomic E-state index is 6.32. The van der Waals surface area contributed by atoms with E-state index in [0.717, 1.165) is 0 Å². The molecule has 2 aliphatic rings. The zero-order chi connectivity index (χ0) is 14.8. The van der Waals surface area contributed by atoms with E-state index < -0.39 is 0 Å². The fourth-order valence-corrected chi connectivity index (χ4v) is 4.23. The molecule has 0 aromatic heterocycles. The third-order valence-corrected chi connectivity index (χ3v) is 5.38. The molecule has 2 aromatic carbocycles. The van der Waals surface area contributed by atoms with Gasteiger partial charge in [0.2, 0.25) is 0 Å². The van der Waals surface area contributed by atoms with Crippen molar-refractivity contribution >= 4 is 11.8 Å². The molecule has 4 rings (SSSR count). The van der Waals surface area contributed by atoms with Crippen LogP contribution in [0.15, 0.2) is 85.1 Å². The SMILES string of the molecule is C1=C[C@H]2S[C@H](c3ccccc3)[C@@H](c3ccccc3)ON2C=C1. The van der Waals surface area contributed by atoms with Gasteiger partial charge in [-0.1, -0.05) is 66.7 Å². The second-order valence-corrected chi connectivity index (χ2v) is 6.64. The molecule has 2 aromatic rings. The maximum Gasteiger partial charge on any atom is 0.127 e. The van der Waals surface area contributed by atoms with Crippen molar-refractivity contribution in [2.24, 2.45) is 0 Å². The summed E-state index contributed by atoms with van der Waals surface area (Å²) in [5.74, 6) is 0. The van der Waals surface area contributed by atoms with Crippen molar-refractivity contribution in [3.63, 3.8) is 0 Å². The van der Waals surface area contributed by atoms with Crippen molar-refractivity contribution < 1.29 is 4.84 Å². The van der Waals surface area contributed by atoms with Crippen molar-refractivity contribution in [2.45, 2.75) is 16.7 Å². The lowest BCUT2D eigenvalue weighted by Gasteiger charge is -2.42. The van der Waals surface area contributed by atoms with E-state index in [9.17, 15) is 0 Å². The summed E-state index contributed by atoms with van der Waals surface area (Å²) in [5.41, 5.74) is 2.52. The quantitative estimate of drug-likeness (QED) is 0.786. The fraction of sp³-hybridized carbons (Fsp3) is 0.158. The van der Waals surface area contributed by atoms with Gasteiger partial charge in [-0.2, -0.15) is 0 Å². The molecule has 0 amide bonds. The average molecular weight is 307 g/mol. The Morgan fingerprint density at radius 3 is 2.23 bits per heavy atom. The Balaban J connectivity index is 1.72. The molecule has 1 fully saturated rings. The van der Waals surface area contributed by atoms with E-state index >= 15 is 0 Å². The summed E-state index contributed by atoms with van der Waals surface area (Å²) in [6.07, 6.45) is 8.31. The van der Waals surface area contributed by atoms with Crippen LogP contribution in [-0.4, -0.2) is 10.4 Å². The van der Waals surface area contributed by atoms with Gasteiger partial charge in [0.15, 0.2) is 0 Å². The van der Waals surface area contributed by atoms with Crippen LogP contribution in [0.3, 0.4) is 0 Å². The second-order valence-electron chi connectivity index (χ2n) is 5.38. The van der Waals surface area contributed by atoms with Crippen LogP contribution in [0.4, 0.5) is 0 Å². The van der Waals surface area contributed by atoms with E-state index in [1.165, 1.54) is 11.1 Å². The summed E-state index contributed by atoms with van der Waals surface area (Å²) in [6.45, 7) is 0. The molecule has 3 atom stereocenters. The monoisotopic (exact) mass is 307 g/mol. The third-order valence-electron chi connectivity index (χ3n) is 3.92. The van der Waals surface area contributed by atoms with E-state index in [1.807, 2.05) is 35.2 Å². The lowest BCUT2D eigenvalue weighted by molar-refractivity contribution is -0.177. The van der Waals surface area contributed by atoms with Gasteiger partial charge in [0.25, 0.3) is 0 Å². The summed E-state index contributed by atoms with van der Waals surface area (Å²) in [5, 5.41) is 2.47. The molecule has 2 nitrogen and oxygen atoms in total. The van der Waals surface area contributed by atoms with Gasteiger partial charge in [0.05, 0.1) is 5.25 Å². The predicted octanol–water partition coefficient (Wildman–Crippen LogP) is 4.86. The van der Waals surface area contributed by atoms with Crippen LogP contribution in [0.5, 0.6) is 0 Å². The lowest BCUT2D eigenvalue weighted by Crippen LogP contribution is -2.37. The van der Waals surface area contributed by atoms with E-state index in [-0.39, 0.29) is 16.7 Å². The number of rotatable bonds is 2. The Morgan fingerprint density at radius 2 is 1.50 bits per heavy atom.